The normalized spacial score (nSPS) is 16.6. The van der Waals surface area contributed by atoms with Crippen molar-refractivity contribution in [3.05, 3.63) is 35.4 Å². The molecule has 29 heavy (non-hydrogen) atoms. The van der Waals surface area contributed by atoms with E-state index in [0.717, 1.165) is 12.0 Å². The Bertz CT molecular complexity index is 714. The lowest BCUT2D eigenvalue weighted by atomic mass is 9.88. The Hall–Kier alpha value is -2.57. The Kier molecular flexibility index (Phi) is 8.49. The van der Waals surface area contributed by atoms with Gasteiger partial charge in [0.2, 0.25) is 5.91 Å². The highest BCUT2D eigenvalue weighted by Crippen LogP contribution is 2.22. The van der Waals surface area contributed by atoms with Crippen LogP contribution in [0.3, 0.4) is 0 Å². The first kappa shape index (κ1) is 22.7. The zero-order chi connectivity index (χ0) is 21.4. The number of likely N-dealkylation sites (tertiary alicyclic amines) is 1. The van der Waals surface area contributed by atoms with Crippen molar-refractivity contribution in [2.45, 2.75) is 59.0 Å². The van der Waals surface area contributed by atoms with E-state index in [1.165, 1.54) is 0 Å². The van der Waals surface area contributed by atoms with E-state index in [4.69, 9.17) is 0 Å². The van der Waals surface area contributed by atoms with Crippen molar-refractivity contribution >= 4 is 17.8 Å². The van der Waals surface area contributed by atoms with Crippen molar-refractivity contribution in [1.82, 2.24) is 20.9 Å². The summed E-state index contributed by atoms with van der Waals surface area (Å²) in [5, 5.41) is 8.79. The van der Waals surface area contributed by atoms with Crippen LogP contribution in [0.1, 0.15) is 56.0 Å². The molecule has 0 aromatic heterocycles. The predicted molar refractivity (Wildman–Crippen MR) is 114 cm³/mol. The lowest BCUT2D eigenvalue weighted by Gasteiger charge is -2.36. The fraction of sp³-hybridized carbons (Fsp3) is 0.591. The van der Waals surface area contributed by atoms with E-state index in [-0.39, 0.29) is 29.8 Å². The third kappa shape index (κ3) is 6.21. The molecule has 7 nitrogen and oxygen atoms in total. The topological polar surface area (TPSA) is 90.5 Å². The molecular weight excluding hydrogens is 368 g/mol. The van der Waals surface area contributed by atoms with Gasteiger partial charge in [-0.15, -0.1) is 0 Å². The second-order valence-corrected chi connectivity index (χ2v) is 7.74. The molecule has 0 spiro atoms. The van der Waals surface area contributed by atoms with Gasteiger partial charge >= 0.3 is 6.03 Å². The van der Waals surface area contributed by atoms with E-state index in [1.807, 2.05) is 45.9 Å². The Balaban J connectivity index is 2.11. The van der Waals surface area contributed by atoms with E-state index in [1.54, 1.807) is 11.0 Å². The van der Waals surface area contributed by atoms with Crippen LogP contribution in [0.2, 0.25) is 0 Å². The molecule has 2 rings (SSSR count). The van der Waals surface area contributed by atoms with Gasteiger partial charge in [-0.2, -0.15) is 0 Å². The lowest BCUT2D eigenvalue weighted by molar-refractivity contribution is -0.125. The quantitative estimate of drug-likeness (QED) is 0.654. The van der Waals surface area contributed by atoms with Gasteiger partial charge in [0.1, 0.15) is 6.04 Å². The zero-order valence-corrected chi connectivity index (χ0v) is 18.0. The first-order chi connectivity index (χ1) is 13.9. The van der Waals surface area contributed by atoms with Crippen LogP contribution in [-0.2, 0) is 4.79 Å². The second kappa shape index (κ2) is 10.8. The molecule has 4 amide bonds. The minimum atomic E-state index is -0.618. The number of piperidine rings is 1. The largest absolute Gasteiger partial charge is 0.352 e. The van der Waals surface area contributed by atoms with Crippen LogP contribution in [0.4, 0.5) is 4.79 Å². The van der Waals surface area contributed by atoms with Crippen molar-refractivity contribution in [2.24, 2.45) is 5.92 Å². The maximum atomic E-state index is 13.0. The number of rotatable bonds is 7. The molecule has 0 bridgehead atoms. The number of hydrogen-bond acceptors (Lipinski definition) is 3. The lowest BCUT2D eigenvalue weighted by Crippen LogP contribution is -2.55. The summed E-state index contributed by atoms with van der Waals surface area (Å²) in [6, 6.07) is 6.70. The van der Waals surface area contributed by atoms with E-state index in [2.05, 4.69) is 16.0 Å². The number of nitrogens with zero attached hydrogens (tertiary/aromatic N) is 1. The molecule has 160 valence electrons. The van der Waals surface area contributed by atoms with Gasteiger partial charge in [-0.3, -0.25) is 9.59 Å². The number of amides is 4. The first-order valence-electron chi connectivity index (χ1n) is 10.6. The number of hydrogen-bond donors (Lipinski definition) is 3. The smallest absolute Gasteiger partial charge is 0.317 e. The molecule has 1 fully saturated rings. The summed E-state index contributed by atoms with van der Waals surface area (Å²) in [6.07, 6.45) is 2.16. The maximum Gasteiger partial charge on any atom is 0.317 e. The molecule has 0 aliphatic carbocycles. The molecule has 1 aromatic rings. The molecule has 7 heteroatoms. The van der Waals surface area contributed by atoms with Crippen molar-refractivity contribution in [3.63, 3.8) is 0 Å². The van der Waals surface area contributed by atoms with E-state index in [9.17, 15) is 14.4 Å². The minimum Gasteiger partial charge on any atom is -0.352 e. The summed E-state index contributed by atoms with van der Waals surface area (Å²) in [7, 11) is 0. The third-order valence-electron chi connectivity index (χ3n) is 5.59. The summed E-state index contributed by atoms with van der Waals surface area (Å²) in [5.74, 6) is -0.408. The van der Waals surface area contributed by atoms with Crippen LogP contribution in [0, 0.1) is 12.8 Å². The summed E-state index contributed by atoms with van der Waals surface area (Å²) < 4.78 is 0. The van der Waals surface area contributed by atoms with Crippen molar-refractivity contribution in [2.75, 3.05) is 19.6 Å². The summed E-state index contributed by atoms with van der Waals surface area (Å²) in [6.45, 7) is 9.47. The number of carbonyl (C=O) groups excluding carboxylic acids is 3. The van der Waals surface area contributed by atoms with Gasteiger partial charge in [-0.25, -0.2) is 4.79 Å². The van der Waals surface area contributed by atoms with Gasteiger partial charge in [0, 0.05) is 31.2 Å². The number of urea groups is 1. The van der Waals surface area contributed by atoms with E-state index >= 15 is 0 Å². The standard InChI is InChI=1S/C22H34N4O3/c1-5-16(4)24-21(28)19(25-20(27)18-10-8-7-9-15(18)3)17-11-13-26(14-12-17)22(29)23-6-2/h7-10,16-17,19H,5-6,11-14H2,1-4H3,(H,23,29)(H,24,28)(H,25,27). The van der Waals surface area contributed by atoms with Gasteiger partial charge in [0.25, 0.3) is 5.91 Å². The van der Waals surface area contributed by atoms with E-state index < -0.39 is 6.04 Å². The van der Waals surface area contributed by atoms with Crippen LogP contribution >= 0.6 is 0 Å². The Morgan fingerprint density at radius 2 is 1.76 bits per heavy atom. The van der Waals surface area contributed by atoms with Gasteiger partial charge in [-0.1, -0.05) is 25.1 Å². The van der Waals surface area contributed by atoms with Crippen LogP contribution in [0.5, 0.6) is 0 Å². The molecule has 1 aromatic carbocycles. The van der Waals surface area contributed by atoms with Crippen molar-refractivity contribution < 1.29 is 14.4 Å². The van der Waals surface area contributed by atoms with Gasteiger partial charge in [0.15, 0.2) is 0 Å². The number of benzene rings is 1. The van der Waals surface area contributed by atoms with Crippen LogP contribution in [0.15, 0.2) is 24.3 Å². The van der Waals surface area contributed by atoms with Gasteiger partial charge < -0.3 is 20.9 Å². The fourth-order valence-electron chi connectivity index (χ4n) is 3.58. The molecule has 1 aliphatic heterocycles. The Labute approximate surface area is 173 Å². The molecule has 2 atom stereocenters. The second-order valence-electron chi connectivity index (χ2n) is 7.74. The highest BCUT2D eigenvalue weighted by atomic mass is 16.2. The first-order valence-corrected chi connectivity index (χ1v) is 10.6. The van der Waals surface area contributed by atoms with Crippen LogP contribution < -0.4 is 16.0 Å². The Morgan fingerprint density at radius 3 is 2.34 bits per heavy atom. The average molecular weight is 403 g/mol. The summed E-state index contributed by atoms with van der Waals surface area (Å²) in [5.41, 5.74) is 1.45. The third-order valence-corrected chi connectivity index (χ3v) is 5.59. The molecule has 1 heterocycles. The van der Waals surface area contributed by atoms with E-state index in [0.29, 0.717) is 38.0 Å². The fourth-order valence-corrected chi connectivity index (χ4v) is 3.58. The van der Waals surface area contributed by atoms with Gasteiger partial charge in [0.05, 0.1) is 0 Å². The molecule has 1 aliphatic rings. The van der Waals surface area contributed by atoms with Crippen molar-refractivity contribution in [3.8, 4) is 0 Å². The molecule has 2 unspecified atom stereocenters. The summed E-state index contributed by atoms with van der Waals surface area (Å²) in [4.78, 5) is 39.7. The van der Waals surface area contributed by atoms with Crippen LogP contribution in [-0.4, -0.2) is 54.5 Å². The SMILES string of the molecule is CCNC(=O)N1CCC(C(NC(=O)c2ccccc2C)C(=O)NC(C)CC)CC1. The Morgan fingerprint density at radius 1 is 1.10 bits per heavy atom. The molecule has 0 radical (unpaired) electrons. The molecule has 1 saturated heterocycles. The minimum absolute atomic E-state index is 0.0160. The molecule has 3 N–H and O–H groups in total. The number of aryl methyl sites for hydroxylation is 1. The highest BCUT2D eigenvalue weighted by Gasteiger charge is 2.34. The van der Waals surface area contributed by atoms with Crippen LogP contribution in [0.25, 0.3) is 0 Å². The molecule has 0 saturated carbocycles. The summed E-state index contributed by atoms with van der Waals surface area (Å²) >= 11 is 0. The van der Waals surface area contributed by atoms with Gasteiger partial charge in [-0.05, 0) is 57.6 Å². The number of nitrogens with one attached hydrogen (secondary N) is 3. The maximum absolute atomic E-state index is 13.0. The monoisotopic (exact) mass is 402 g/mol. The molecular formula is C22H34N4O3. The van der Waals surface area contributed by atoms with Crippen molar-refractivity contribution in [1.29, 1.82) is 0 Å². The predicted octanol–water partition coefficient (Wildman–Crippen LogP) is 2.45. The highest BCUT2D eigenvalue weighted by molar-refractivity contribution is 5.98. The zero-order valence-electron chi connectivity index (χ0n) is 18.0. The number of carbonyl (C=O) groups is 3. The average Bonchev–Trinajstić information content (AvgIpc) is 2.72.